The summed E-state index contributed by atoms with van der Waals surface area (Å²) in [6.45, 7) is 0.404. The van der Waals surface area contributed by atoms with Crippen molar-refractivity contribution in [2.45, 2.75) is 12.7 Å². The van der Waals surface area contributed by atoms with Crippen LogP contribution < -0.4 is 5.32 Å². The summed E-state index contributed by atoms with van der Waals surface area (Å²) in [6, 6.07) is 8.69. The van der Waals surface area contributed by atoms with Gasteiger partial charge >= 0.3 is 6.18 Å². The number of nitrogens with zero attached hydrogens (tertiary/aromatic N) is 4. The van der Waals surface area contributed by atoms with Crippen molar-refractivity contribution in [1.29, 1.82) is 0 Å². The number of benzene rings is 1. The molecule has 0 unspecified atom stereocenters. The highest BCUT2D eigenvalue weighted by atomic mass is 35.5. The third-order valence-corrected chi connectivity index (χ3v) is 4.18. The highest BCUT2D eigenvalue weighted by Crippen LogP contribution is 2.35. The lowest BCUT2D eigenvalue weighted by molar-refractivity contribution is -0.141. The van der Waals surface area contributed by atoms with Crippen LogP contribution in [0.5, 0.6) is 0 Å². The SMILES string of the molecule is Cn1nc(C(F)(F)F)c(Cl)c1C(=O)Nc1ccn(Cc2cccc(Cl)c2)n1. The molecule has 1 amide bonds. The van der Waals surface area contributed by atoms with E-state index in [9.17, 15) is 18.0 Å². The van der Waals surface area contributed by atoms with Crippen molar-refractivity contribution in [2.24, 2.45) is 7.05 Å². The Kier molecular flexibility index (Phi) is 5.16. The third kappa shape index (κ3) is 4.25. The van der Waals surface area contributed by atoms with Gasteiger partial charge in [-0.05, 0) is 17.7 Å². The van der Waals surface area contributed by atoms with Crippen LogP contribution in [0.2, 0.25) is 10.0 Å². The van der Waals surface area contributed by atoms with Gasteiger partial charge in [0.05, 0.1) is 6.54 Å². The summed E-state index contributed by atoms with van der Waals surface area (Å²) in [6.07, 6.45) is -3.14. The Morgan fingerprint density at radius 3 is 2.59 bits per heavy atom. The molecule has 2 heterocycles. The number of amides is 1. The Labute approximate surface area is 161 Å². The van der Waals surface area contributed by atoms with Crippen molar-refractivity contribution in [3.63, 3.8) is 0 Å². The average Bonchev–Trinajstić information content (AvgIpc) is 3.10. The zero-order valence-electron chi connectivity index (χ0n) is 13.8. The molecular formula is C16H12Cl2F3N5O. The number of aryl methyl sites for hydroxylation is 1. The van der Waals surface area contributed by atoms with E-state index in [1.807, 2.05) is 6.07 Å². The van der Waals surface area contributed by atoms with E-state index in [-0.39, 0.29) is 5.82 Å². The second-order valence-corrected chi connectivity index (χ2v) is 6.43. The molecule has 0 saturated carbocycles. The number of nitrogens with one attached hydrogen (secondary N) is 1. The molecule has 0 spiro atoms. The van der Waals surface area contributed by atoms with Crippen LogP contribution in [0.1, 0.15) is 21.7 Å². The summed E-state index contributed by atoms with van der Waals surface area (Å²) in [5, 5.41) is 9.67. The van der Waals surface area contributed by atoms with E-state index in [4.69, 9.17) is 23.2 Å². The molecule has 2 aromatic heterocycles. The van der Waals surface area contributed by atoms with Crippen molar-refractivity contribution >= 4 is 34.9 Å². The number of hydrogen-bond acceptors (Lipinski definition) is 3. The second-order valence-electron chi connectivity index (χ2n) is 5.62. The summed E-state index contributed by atoms with van der Waals surface area (Å²) in [4.78, 5) is 12.3. The maximum absolute atomic E-state index is 12.9. The second kappa shape index (κ2) is 7.24. The molecule has 11 heteroatoms. The minimum absolute atomic E-state index is 0.160. The van der Waals surface area contributed by atoms with Gasteiger partial charge < -0.3 is 5.32 Å². The molecule has 6 nitrogen and oxygen atoms in total. The molecule has 27 heavy (non-hydrogen) atoms. The lowest BCUT2D eigenvalue weighted by Gasteiger charge is -2.04. The summed E-state index contributed by atoms with van der Waals surface area (Å²) in [5.41, 5.74) is -0.829. The molecule has 0 aliphatic carbocycles. The molecule has 0 bridgehead atoms. The van der Waals surface area contributed by atoms with Crippen molar-refractivity contribution in [2.75, 3.05) is 5.32 Å². The first-order valence-corrected chi connectivity index (χ1v) is 8.29. The Balaban J connectivity index is 1.76. The molecule has 0 aliphatic heterocycles. The number of rotatable bonds is 4. The van der Waals surface area contributed by atoms with Crippen LogP contribution in [0.25, 0.3) is 0 Å². The first-order chi connectivity index (χ1) is 12.6. The Morgan fingerprint density at radius 2 is 1.96 bits per heavy atom. The molecule has 0 saturated heterocycles. The first kappa shape index (κ1) is 19.2. The molecule has 0 radical (unpaired) electrons. The Hall–Kier alpha value is -2.52. The van der Waals surface area contributed by atoms with Gasteiger partial charge in [0.1, 0.15) is 10.7 Å². The zero-order chi connectivity index (χ0) is 19.8. The van der Waals surface area contributed by atoms with Gasteiger partial charge in [0, 0.05) is 24.3 Å². The minimum atomic E-state index is -4.76. The lowest BCUT2D eigenvalue weighted by Crippen LogP contribution is -2.17. The number of aromatic nitrogens is 4. The van der Waals surface area contributed by atoms with Crippen LogP contribution in [0.4, 0.5) is 19.0 Å². The lowest BCUT2D eigenvalue weighted by atomic mass is 10.2. The number of hydrogen-bond donors (Lipinski definition) is 1. The van der Waals surface area contributed by atoms with Gasteiger partial charge in [0.15, 0.2) is 11.5 Å². The van der Waals surface area contributed by atoms with Crippen molar-refractivity contribution < 1.29 is 18.0 Å². The van der Waals surface area contributed by atoms with Gasteiger partial charge in [-0.25, -0.2) is 0 Å². The average molecular weight is 418 g/mol. The van der Waals surface area contributed by atoms with E-state index < -0.39 is 28.5 Å². The van der Waals surface area contributed by atoms with E-state index in [0.717, 1.165) is 10.2 Å². The Bertz CT molecular complexity index is 996. The van der Waals surface area contributed by atoms with Crippen LogP contribution in [-0.4, -0.2) is 25.5 Å². The number of anilines is 1. The fourth-order valence-corrected chi connectivity index (χ4v) is 3.01. The minimum Gasteiger partial charge on any atom is -0.304 e. The maximum Gasteiger partial charge on any atom is 0.436 e. The monoisotopic (exact) mass is 417 g/mol. The summed E-state index contributed by atoms with van der Waals surface area (Å²) >= 11 is 11.6. The largest absolute Gasteiger partial charge is 0.436 e. The normalized spacial score (nSPS) is 11.6. The van der Waals surface area contributed by atoms with Crippen molar-refractivity contribution in [1.82, 2.24) is 19.6 Å². The number of carbonyl (C=O) groups is 1. The molecule has 1 aromatic carbocycles. The van der Waals surface area contributed by atoms with E-state index in [0.29, 0.717) is 11.6 Å². The predicted octanol–water partition coefficient (Wildman–Crippen LogP) is 4.24. The number of carbonyl (C=O) groups excluding carboxylic acids is 1. The molecule has 0 aliphatic rings. The first-order valence-electron chi connectivity index (χ1n) is 7.54. The van der Waals surface area contributed by atoms with Crippen LogP contribution in [0, 0.1) is 0 Å². The molecule has 142 valence electrons. The number of halogens is 5. The fourth-order valence-electron chi connectivity index (χ4n) is 2.44. The Morgan fingerprint density at radius 1 is 1.22 bits per heavy atom. The van der Waals surface area contributed by atoms with Crippen LogP contribution in [0.15, 0.2) is 36.5 Å². The highest BCUT2D eigenvalue weighted by molar-refractivity contribution is 6.34. The van der Waals surface area contributed by atoms with E-state index in [1.165, 1.54) is 13.1 Å². The molecular weight excluding hydrogens is 406 g/mol. The van der Waals surface area contributed by atoms with E-state index in [2.05, 4.69) is 15.5 Å². The van der Waals surface area contributed by atoms with Crippen LogP contribution in [-0.2, 0) is 19.8 Å². The van der Waals surface area contributed by atoms with Gasteiger partial charge in [0.2, 0.25) is 0 Å². The van der Waals surface area contributed by atoms with Gasteiger partial charge in [-0.2, -0.15) is 23.4 Å². The predicted molar refractivity (Wildman–Crippen MR) is 94.0 cm³/mol. The summed E-state index contributed by atoms with van der Waals surface area (Å²) < 4.78 is 40.9. The quantitative estimate of drug-likeness (QED) is 0.690. The maximum atomic E-state index is 12.9. The van der Waals surface area contributed by atoms with E-state index >= 15 is 0 Å². The summed E-state index contributed by atoms with van der Waals surface area (Å²) in [5.74, 6) is -0.689. The molecule has 0 fully saturated rings. The van der Waals surface area contributed by atoms with Crippen LogP contribution >= 0.6 is 23.2 Å². The topological polar surface area (TPSA) is 64.7 Å². The van der Waals surface area contributed by atoms with Crippen LogP contribution in [0.3, 0.4) is 0 Å². The smallest absolute Gasteiger partial charge is 0.304 e. The van der Waals surface area contributed by atoms with Crippen molar-refractivity contribution in [3.8, 4) is 0 Å². The highest BCUT2D eigenvalue weighted by Gasteiger charge is 2.39. The standard InChI is InChI=1S/C16H12Cl2F3N5O/c1-25-13(12(18)14(24-25)16(19,20)21)15(27)22-11-5-6-26(23-11)8-9-3-2-4-10(17)7-9/h2-7H,8H2,1H3,(H,22,23,27). The van der Waals surface area contributed by atoms with Gasteiger partial charge in [0.25, 0.3) is 5.91 Å². The third-order valence-electron chi connectivity index (χ3n) is 3.59. The molecule has 3 rings (SSSR count). The fraction of sp³-hybridized carbons (Fsp3) is 0.188. The summed E-state index contributed by atoms with van der Waals surface area (Å²) in [7, 11) is 1.20. The van der Waals surface area contributed by atoms with Gasteiger partial charge in [-0.3, -0.25) is 14.2 Å². The molecule has 3 aromatic rings. The van der Waals surface area contributed by atoms with Crippen molar-refractivity contribution in [3.05, 3.63) is 63.5 Å². The van der Waals surface area contributed by atoms with E-state index in [1.54, 1.807) is 29.1 Å². The van der Waals surface area contributed by atoms with Gasteiger partial charge in [-0.15, -0.1) is 0 Å². The molecule has 1 N–H and O–H groups in total. The number of alkyl halides is 3. The molecule has 0 atom stereocenters. The van der Waals surface area contributed by atoms with Gasteiger partial charge in [-0.1, -0.05) is 35.3 Å². The zero-order valence-corrected chi connectivity index (χ0v) is 15.3.